The molecule has 0 heterocycles. The van der Waals surface area contributed by atoms with Gasteiger partial charge >= 0.3 is 0 Å². The summed E-state index contributed by atoms with van der Waals surface area (Å²) in [6, 6.07) is 18.9. The molecule has 0 bridgehead atoms. The molecule has 34 heavy (non-hydrogen) atoms. The Morgan fingerprint density at radius 1 is 0.941 bits per heavy atom. The van der Waals surface area contributed by atoms with Gasteiger partial charge < -0.3 is 14.8 Å². The van der Waals surface area contributed by atoms with Crippen molar-refractivity contribution in [1.82, 2.24) is 10.0 Å². The lowest BCUT2D eigenvalue weighted by Crippen LogP contribution is -2.48. The molecule has 0 saturated carbocycles. The number of halogens is 1. The molecule has 0 aliphatic carbocycles. The molecular weight excluding hydrogens is 476 g/mol. The van der Waals surface area contributed by atoms with Crippen molar-refractivity contribution in [3.63, 3.8) is 0 Å². The first-order valence-electron chi connectivity index (χ1n) is 10.6. The zero-order valence-corrected chi connectivity index (χ0v) is 20.7. The van der Waals surface area contributed by atoms with Crippen LogP contribution in [0, 0.1) is 0 Å². The summed E-state index contributed by atoms with van der Waals surface area (Å²) in [6.07, 6.45) is 0.179. The monoisotopic (exact) mass is 502 g/mol. The Morgan fingerprint density at radius 3 is 2.21 bits per heavy atom. The average Bonchev–Trinajstić information content (AvgIpc) is 2.83. The van der Waals surface area contributed by atoms with Crippen LogP contribution in [0.15, 0.2) is 77.7 Å². The summed E-state index contributed by atoms with van der Waals surface area (Å²) in [5.74, 6) is 0.650. The van der Waals surface area contributed by atoms with Crippen LogP contribution in [-0.4, -0.2) is 34.6 Å². The van der Waals surface area contributed by atoms with Crippen LogP contribution in [-0.2, 0) is 21.2 Å². The molecule has 9 heteroatoms. The van der Waals surface area contributed by atoms with Crippen molar-refractivity contribution < 1.29 is 22.7 Å². The summed E-state index contributed by atoms with van der Waals surface area (Å²) in [4.78, 5) is 13.3. The lowest BCUT2D eigenvalue weighted by Gasteiger charge is -2.22. The maximum absolute atomic E-state index is 13.3. The van der Waals surface area contributed by atoms with Gasteiger partial charge in [-0.3, -0.25) is 4.79 Å². The van der Waals surface area contributed by atoms with Crippen molar-refractivity contribution in [3.8, 4) is 11.5 Å². The maximum Gasteiger partial charge on any atom is 0.241 e. The number of methoxy groups -OCH3 is 2. The fourth-order valence-corrected chi connectivity index (χ4v) is 4.75. The van der Waals surface area contributed by atoms with E-state index in [4.69, 9.17) is 21.1 Å². The quantitative estimate of drug-likeness (QED) is 0.435. The van der Waals surface area contributed by atoms with Crippen LogP contribution in [0.2, 0.25) is 5.02 Å². The van der Waals surface area contributed by atoms with Crippen LogP contribution in [0.4, 0.5) is 0 Å². The molecule has 0 radical (unpaired) electrons. The molecule has 3 rings (SSSR count). The van der Waals surface area contributed by atoms with Crippen molar-refractivity contribution in [2.75, 3.05) is 14.2 Å². The highest BCUT2D eigenvalue weighted by molar-refractivity contribution is 7.89. The Labute approximate surface area is 205 Å². The number of hydrogen-bond donors (Lipinski definition) is 2. The fourth-order valence-electron chi connectivity index (χ4n) is 3.43. The van der Waals surface area contributed by atoms with Gasteiger partial charge in [-0.1, -0.05) is 48.0 Å². The first-order valence-corrected chi connectivity index (χ1v) is 12.4. The molecule has 3 aromatic carbocycles. The van der Waals surface area contributed by atoms with Gasteiger partial charge in [-0.15, -0.1) is 0 Å². The number of rotatable bonds is 10. The highest BCUT2D eigenvalue weighted by atomic mass is 35.5. The van der Waals surface area contributed by atoms with Gasteiger partial charge in [0.25, 0.3) is 0 Å². The standard InChI is InChI=1S/C25H27ClN2O5S/c1-17(19-9-14-23(32-2)24(16-19)33-3)27-25(29)22(15-18-7-5-4-6-8-18)28-34(30,31)21-12-10-20(26)11-13-21/h4-14,16-17,22,28H,15H2,1-3H3,(H,27,29)/t17-,22+/m0/s1. The Kier molecular flexibility index (Phi) is 8.55. The second-order valence-corrected chi connectivity index (χ2v) is 9.81. The van der Waals surface area contributed by atoms with E-state index in [-0.39, 0.29) is 11.3 Å². The van der Waals surface area contributed by atoms with E-state index < -0.39 is 28.0 Å². The van der Waals surface area contributed by atoms with E-state index in [0.29, 0.717) is 16.5 Å². The molecule has 0 aliphatic rings. The molecule has 2 N–H and O–H groups in total. The van der Waals surface area contributed by atoms with Crippen LogP contribution >= 0.6 is 11.6 Å². The number of carbonyl (C=O) groups excluding carboxylic acids is 1. The van der Waals surface area contributed by atoms with E-state index >= 15 is 0 Å². The van der Waals surface area contributed by atoms with Gasteiger partial charge in [-0.05, 0) is 60.9 Å². The molecule has 0 saturated heterocycles. The number of nitrogens with one attached hydrogen (secondary N) is 2. The summed E-state index contributed by atoms with van der Waals surface area (Å²) >= 11 is 5.89. The Bertz CT molecular complexity index is 1220. The first-order chi connectivity index (χ1) is 16.2. The minimum absolute atomic E-state index is 0.0238. The number of amides is 1. The van der Waals surface area contributed by atoms with Crippen LogP contribution < -0.4 is 19.5 Å². The first kappa shape index (κ1) is 25.6. The number of ether oxygens (including phenoxy) is 2. The van der Waals surface area contributed by atoms with Gasteiger partial charge in [0, 0.05) is 5.02 Å². The Balaban J connectivity index is 1.83. The molecule has 0 aliphatic heterocycles. The lowest BCUT2D eigenvalue weighted by atomic mass is 10.0. The second kappa shape index (κ2) is 11.4. The predicted octanol–water partition coefficient (Wildman–Crippen LogP) is 4.12. The predicted molar refractivity (Wildman–Crippen MR) is 132 cm³/mol. The maximum atomic E-state index is 13.3. The summed E-state index contributed by atoms with van der Waals surface area (Å²) in [5.41, 5.74) is 1.60. The highest BCUT2D eigenvalue weighted by Gasteiger charge is 2.27. The van der Waals surface area contributed by atoms with Crippen LogP contribution in [0.3, 0.4) is 0 Å². The van der Waals surface area contributed by atoms with E-state index in [0.717, 1.165) is 11.1 Å². The van der Waals surface area contributed by atoms with Crippen molar-refractivity contribution in [2.45, 2.75) is 30.3 Å². The fraction of sp³-hybridized carbons (Fsp3) is 0.240. The zero-order valence-electron chi connectivity index (χ0n) is 19.1. The highest BCUT2D eigenvalue weighted by Crippen LogP contribution is 2.30. The molecule has 1 amide bonds. The van der Waals surface area contributed by atoms with E-state index in [2.05, 4.69) is 10.0 Å². The summed E-state index contributed by atoms with van der Waals surface area (Å²) in [7, 11) is -0.888. The third-order valence-corrected chi connectivity index (χ3v) is 7.03. The van der Waals surface area contributed by atoms with E-state index in [9.17, 15) is 13.2 Å². The molecular formula is C25H27ClN2O5S. The SMILES string of the molecule is COc1ccc([C@H](C)NC(=O)[C@@H](Cc2ccccc2)NS(=O)(=O)c2ccc(Cl)cc2)cc1OC. The molecule has 7 nitrogen and oxygen atoms in total. The minimum Gasteiger partial charge on any atom is -0.493 e. The second-order valence-electron chi connectivity index (χ2n) is 7.66. The summed E-state index contributed by atoms with van der Waals surface area (Å²) < 4.78 is 39.1. The van der Waals surface area contributed by atoms with E-state index in [1.807, 2.05) is 43.3 Å². The average molecular weight is 503 g/mol. The van der Waals surface area contributed by atoms with Gasteiger partial charge in [0.05, 0.1) is 25.2 Å². The third kappa shape index (κ3) is 6.50. The van der Waals surface area contributed by atoms with Gasteiger partial charge in [0.1, 0.15) is 6.04 Å². The van der Waals surface area contributed by atoms with Gasteiger partial charge in [-0.25, -0.2) is 8.42 Å². The van der Waals surface area contributed by atoms with Crippen LogP contribution in [0.5, 0.6) is 11.5 Å². The zero-order chi connectivity index (χ0) is 24.7. The van der Waals surface area contributed by atoms with Crippen LogP contribution in [0.25, 0.3) is 0 Å². The largest absolute Gasteiger partial charge is 0.493 e. The molecule has 0 aromatic heterocycles. The number of benzene rings is 3. The molecule has 3 aromatic rings. The van der Waals surface area contributed by atoms with Crippen LogP contribution in [0.1, 0.15) is 24.1 Å². The number of carbonyl (C=O) groups is 1. The molecule has 0 spiro atoms. The third-order valence-electron chi connectivity index (χ3n) is 5.29. The van der Waals surface area contributed by atoms with Gasteiger partial charge in [0.15, 0.2) is 11.5 Å². The number of hydrogen-bond acceptors (Lipinski definition) is 5. The summed E-state index contributed by atoms with van der Waals surface area (Å²) in [5, 5.41) is 3.32. The topological polar surface area (TPSA) is 93.7 Å². The minimum atomic E-state index is -3.97. The lowest BCUT2D eigenvalue weighted by molar-refractivity contribution is -0.123. The Morgan fingerprint density at radius 2 is 1.59 bits per heavy atom. The van der Waals surface area contributed by atoms with E-state index in [1.165, 1.54) is 31.4 Å². The van der Waals surface area contributed by atoms with Gasteiger partial charge in [-0.2, -0.15) is 4.72 Å². The smallest absolute Gasteiger partial charge is 0.241 e. The molecule has 0 unspecified atom stereocenters. The molecule has 0 fully saturated rings. The van der Waals surface area contributed by atoms with Crippen molar-refractivity contribution in [2.24, 2.45) is 0 Å². The number of sulfonamides is 1. The molecule has 180 valence electrons. The van der Waals surface area contributed by atoms with Crippen molar-refractivity contribution in [3.05, 3.63) is 88.9 Å². The normalized spacial score (nSPS) is 13.1. The van der Waals surface area contributed by atoms with Crippen molar-refractivity contribution >= 4 is 27.5 Å². The summed E-state index contributed by atoms with van der Waals surface area (Å²) in [6.45, 7) is 1.81. The van der Waals surface area contributed by atoms with E-state index in [1.54, 1.807) is 19.2 Å². The molecule has 2 atom stereocenters. The van der Waals surface area contributed by atoms with Crippen molar-refractivity contribution in [1.29, 1.82) is 0 Å². The van der Waals surface area contributed by atoms with Gasteiger partial charge in [0.2, 0.25) is 15.9 Å². The Hall–Kier alpha value is -3.07.